The third kappa shape index (κ3) is 2.78. The van der Waals surface area contributed by atoms with Crippen LogP contribution in [0, 0.1) is 0 Å². The molecule has 0 radical (unpaired) electrons. The maximum atomic E-state index is 11.9. The van der Waals surface area contributed by atoms with Crippen LogP contribution in [0.3, 0.4) is 0 Å². The number of sulfone groups is 1. The summed E-state index contributed by atoms with van der Waals surface area (Å²) in [6.07, 6.45) is 10.6. The molecule has 3 rings (SSSR count). The molecule has 5 nitrogen and oxygen atoms in total. The number of rotatable bonds is 3. The van der Waals surface area contributed by atoms with Crippen molar-refractivity contribution >= 4 is 9.84 Å². The van der Waals surface area contributed by atoms with E-state index in [0.717, 1.165) is 25.7 Å². The second-order valence-corrected chi connectivity index (χ2v) is 7.76. The van der Waals surface area contributed by atoms with Crippen molar-refractivity contribution in [1.29, 1.82) is 0 Å². The van der Waals surface area contributed by atoms with Gasteiger partial charge in [0.25, 0.3) is 0 Å². The molecule has 19 heavy (non-hydrogen) atoms. The molecule has 106 valence electrons. The van der Waals surface area contributed by atoms with Gasteiger partial charge in [-0.1, -0.05) is 12.8 Å². The first-order chi connectivity index (χ1) is 9.15. The van der Waals surface area contributed by atoms with E-state index in [1.807, 2.05) is 10.9 Å². The number of nitrogens with zero attached hydrogens (tertiary/aromatic N) is 2. The van der Waals surface area contributed by atoms with Gasteiger partial charge >= 0.3 is 0 Å². The molecule has 1 saturated heterocycles. The van der Waals surface area contributed by atoms with Crippen LogP contribution in [0.5, 0.6) is 5.75 Å². The average molecular weight is 284 g/mol. The lowest BCUT2D eigenvalue weighted by Crippen LogP contribution is -2.33. The normalized spacial score (nSPS) is 27.5. The molecule has 1 aromatic heterocycles. The lowest BCUT2D eigenvalue weighted by molar-refractivity contribution is 0.251. The van der Waals surface area contributed by atoms with E-state index >= 15 is 0 Å². The third-order valence-electron chi connectivity index (χ3n) is 4.06. The Bertz CT molecular complexity index is 532. The Hall–Kier alpha value is -1.04. The van der Waals surface area contributed by atoms with Crippen molar-refractivity contribution in [3.05, 3.63) is 12.4 Å². The molecule has 0 amide bonds. The summed E-state index contributed by atoms with van der Waals surface area (Å²) in [7, 11) is -3.09. The first-order valence-electron chi connectivity index (χ1n) is 7.07. The lowest BCUT2D eigenvalue weighted by atomic mass is 10.2. The van der Waals surface area contributed by atoms with Crippen LogP contribution in [0.25, 0.3) is 0 Å². The zero-order valence-electron chi connectivity index (χ0n) is 11.0. The Labute approximate surface area is 113 Å². The van der Waals surface area contributed by atoms with Gasteiger partial charge in [0.2, 0.25) is 0 Å². The fourth-order valence-electron chi connectivity index (χ4n) is 2.96. The highest BCUT2D eigenvalue weighted by molar-refractivity contribution is 7.91. The van der Waals surface area contributed by atoms with Gasteiger partial charge in [0.1, 0.15) is 0 Å². The van der Waals surface area contributed by atoms with Gasteiger partial charge in [0.05, 0.1) is 24.2 Å². The summed E-state index contributed by atoms with van der Waals surface area (Å²) in [6.45, 7) is 0. The van der Waals surface area contributed by atoms with E-state index in [1.54, 1.807) is 6.20 Å². The van der Waals surface area contributed by atoms with Gasteiger partial charge in [-0.05, 0) is 32.1 Å². The van der Waals surface area contributed by atoms with Gasteiger partial charge < -0.3 is 4.74 Å². The van der Waals surface area contributed by atoms with Crippen LogP contribution in [-0.2, 0) is 9.84 Å². The first-order valence-corrected chi connectivity index (χ1v) is 8.79. The van der Waals surface area contributed by atoms with Crippen molar-refractivity contribution in [3.8, 4) is 5.75 Å². The van der Waals surface area contributed by atoms with Crippen molar-refractivity contribution in [3.63, 3.8) is 0 Å². The molecular formula is C13H20N2O3S. The Morgan fingerprint density at radius 2 is 1.89 bits per heavy atom. The zero-order valence-corrected chi connectivity index (χ0v) is 11.8. The highest BCUT2D eigenvalue weighted by atomic mass is 32.2. The van der Waals surface area contributed by atoms with Crippen LogP contribution in [0.4, 0.5) is 0 Å². The SMILES string of the molecule is O=S1(=O)CCCCC1Oc1cnn(C2CCCC2)c1. The van der Waals surface area contributed by atoms with Crippen molar-refractivity contribution in [2.75, 3.05) is 5.75 Å². The van der Waals surface area contributed by atoms with Crippen LogP contribution in [0.15, 0.2) is 12.4 Å². The van der Waals surface area contributed by atoms with E-state index in [9.17, 15) is 8.42 Å². The van der Waals surface area contributed by atoms with Gasteiger partial charge in [-0.2, -0.15) is 5.10 Å². The Morgan fingerprint density at radius 1 is 1.16 bits per heavy atom. The van der Waals surface area contributed by atoms with E-state index in [1.165, 1.54) is 12.8 Å². The molecule has 1 aromatic rings. The molecule has 6 heteroatoms. The molecule has 1 saturated carbocycles. The molecule has 0 bridgehead atoms. The van der Waals surface area contributed by atoms with Crippen LogP contribution in [-0.4, -0.2) is 29.4 Å². The average Bonchev–Trinajstić information content (AvgIpc) is 3.02. The molecular weight excluding hydrogens is 264 g/mol. The van der Waals surface area contributed by atoms with Crippen LogP contribution >= 0.6 is 0 Å². The monoisotopic (exact) mass is 284 g/mol. The quantitative estimate of drug-likeness (QED) is 0.854. The molecule has 1 aliphatic carbocycles. The third-order valence-corrected chi connectivity index (χ3v) is 6.05. The van der Waals surface area contributed by atoms with Crippen molar-refractivity contribution in [1.82, 2.24) is 9.78 Å². The van der Waals surface area contributed by atoms with E-state index in [-0.39, 0.29) is 5.75 Å². The topological polar surface area (TPSA) is 61.2 Å². The fourth-order valence-corrected chi connectivity index (χ4v) is 4.61. The van der Waals surface area contributed by atoms with Gasteiger partial charge in [0, 0.05) is 0 Å². The summed E-state index contributed by atoms with van der Waals surface area (Å²) in [6, 6.07) is 0.459. The van der Waals surface area contributed by atoms with Crippen LogP contribution in [0.1, 0.15) is 51.0 Å². The van der Waals surface area contributed by atoms with Crippen LogP contribution in [0.2, 0.25) is 0 Å². The van der Waals surface area contributed by atoms with Gasteiger partial charge in [-0.3, -0.25) is 4.68 Å². The van der Waals surface area contributed by atoms with Gasteiger partial charge in [-0.15, -0.1) is 0 Å². The Kier molecular flexibility index (Phi) is 3.52. The summed E-state index contributed by atoms with van der Waals surface area (Å²) >= 11 is 0. The minimum absolute atomic E-state index is 0.244. The predicted molar refractivity (Wildman–Crippen MR) is 71.8 cm³/mol. The highest BCUT2D eigenvalue weighted by Gasteiger charge is 2.31. The second-order valence-electron chi connectivity index (χ2n) is 5.50. The zero-order chi connectivity index (χ0) is 13.3. The summed E-state index contributed by atoms with van der Waals surface area (Å²) in [5.74, 6) is 0.830. The minimum atomic E-state index is -3.09. The van der Waals surface area contributed by atoms with Crippen LogP contribution < -0.4 is 4.74 Å². The van der Waals surface area contributed by atoms with Crippen molar-refractivity contribution in [2.45, 2.75) is 56.4 Å². The van der Waals surface area contributed by atoms with E-state index in [0.29, 0.717) is 18.2 Å². The molecule has 0 aromatic carbocycles. The molecule has 2 fully saturated rings. The fraction of sp³-hybridized carbons (Fsp3) is 0.769. The predicted octanol–water partition coefficient (Wildman–Crippen LogP) is 2.30. The number of aromatic nitrogens is 2. The Morgan fingerprint density at radius 3 is 2.63 bits per heavy atom. The second kappa shape index (κ2) is 5.15. The van der Waals surface area contributed by atoms with Gasteiger partial charge in [0.15, 0.2) is 21.0 Å². The standard InChI is InChI=1S/C13H20N2O3S/c16-19(17)8-4-3-7-13(19)18-12-9-14-15(10-12)11-5-1-2-6-11/h9-11,13H,1-8H2. The lowest BCUT2D eigenvalue weighted by Gasteiger charge is -2.22. The largest absolute Gasteiger partial charge is 0.471 e. The summed E-state index contributed by atoms with van der Waals surface area (Å²) in [5.41, 5.74) is -0.678. The first kappa shape index (κ1) is 13.0. The smallest absolute Gasteiger partial charge is 0.199 e. The van der Waals surface area contributed by atoms with Gasteiger partial charge in [-0.25, -0.2) is 8.42 Å². The summed E-state index contributed by atoms with van der Waals surface area (Å²) < 4.78 is 31.4. The summed E-state index contributed by atoms with van der Waals surface area (Å²) in [4.78, 5) is 0. The summed E-state index contributed by atoms with van der Waals surface area (Å²) in [5, 5.41) is 4.31. The maximum absolute atomic E-state index is 11.9. The van der Waals surface area contributed by atoms with Crippen molar-refractivity contribution in [2.24, 2.45) is 0 Å². The molecule has 1 aliphatic heterocycles. The van der Waals surface area contributed by atoms with E-state index in [4.69, 9.17) is 4.74 Å². The maximum Gasteiger partial charge on any atom is 0.199 e. The molecule has 0 N–H and O–H groups in total. The number of hydrogen-bond acceptors (Lipinski definition) is 4. The van der Waals surface area contributed by atoms with E-state index in [2.05, 4.69) is 5.10 Å². The molecule has 2 aliphatic rings. The minimum Gasteiger partial charge on any atom is -0.471 e. The van der Waals surface area contributed by atoms with Crippen molar-refractivity contribution < 1.29 is 13.2 Å². The number of hydrogen-bond donors (Lipinski definition) is 0. The van der Waals surface area contributed by atoms with E-state index < -0.39 is 15.3 Å². The molecule has 2 heterocycles. The Balaban J connectivity index is 1.69. The number of ether oxygens (including phenoxy) is 1. The highest BCUT2D eigenvalue weighted by Crippen LogP contribution is 2.30. The molecule has 0 spiro atoms. The molecule has 1 unspecified atom stereocenters. The molecule has 1 atom stereocenters.